The van der Waals surface area contributed by atoms with Crippen molar-refractivity contribution in [1.29, 1.82) is 0 Å². The van der Waals surface area contributed by atoms with Crippen molar-refractivity contribution in [2.45, 2.75) is 19.1 Å². The second-order valence-corrected chi connectivity index (χ2v) is 6.08. The van der Waals surface area contributed by atoms with Crippen LogP contribution in [0.3, 0.4) is 0 Å². The molecule has 0 aliphatic carbocycles. The fourth-order valence-corrected chi connectivity index (χ4v) is 2.97. The van der Waals surface area contributed by atoms with Crippen molar-refractivity contribution in [1.82, 2.24) is 4.90 Å². The molecule has 0 bridgehead atoms. The van der Waals surface area contributed by atoms with Crippen molar-refractivity contribution in [3.05, 3.63) is 58.4 Å². The van der Waals surface area contributed by atoms with E-state index < -0.39 is 22.8 Å². The van der Waals surface area contributed by atoms with Crippen LogP contribution in [0.5, 0.6) is 0 Å². The van der Waals surface area contributed by atoms with Gasteiger partial charge in [-0.2, -0.15) is 13.2 Å². The summed E-state index contributed by atoms with van der Waals surface area (Å²) in [6.45, 7) is 0.750. The Kier molecular flexibility index (Phi) is 4.47. The van der Waals surface area contributed by atoms with Gasteiger partial charge in [-0.3, -0.25) is 5.21 Å². The van der Waals surface area contributed by atoms with E-state index in [1.165, 1.54) is 17.3 Å². The number of benzene rings is 1. The second kappa shape index (κ2) is 6.44. The number of fused-ring (bicyclic) bond motifs is 1. The van der Waals surface area contributed by atoms with Crippen LogP contribution < -0.4 is 10.0 Å². The van der Waals surface area contributed by atoms with Gasteiger partial charge in [-0.15, -0.1) is 0 Å². The van der Waals surface area contributed by atoms with Crippen LogP contribution in [0.1, 0.15) is 16.7 Å². The number of anilines is 1. The summed E-state index contributed by atoms with van der Waals surface area (Å²) in [7, 11) is 0. The molecule has 0 fully saturated rings. The van der Waals surface area contributed by atoms with Crippen LogP contribution in [0, 0.1) is 0 Å². The third kappa shape index (κ3) is 3.79. The van der Waals surface area contributed by atoms with Crippen LogP contribution in [0.25, 0.3) is 0 Å². The minimum atomic E-state index is -4.55. The van der Waals surface area contributed by atoms with Gasteiger partial charge in [-0.25, -0.2) is 4.79 Å². The van der Waals surface area contributed by atoms with E-state index in [2.05, 4.69) is 5.32 Å². The topological polar surface area (TPSA) is 56.5 Å². The lowest BCUT2D eigenvalue weighted by molar-refractivity contribution is -0.905. The first-order valence-corrected chi connectivity index (χ1v) is 7.77. The molecular formula is C16H14ClF3N3O2+. The number of hydrogen-bond donors (Lipinski definition) is 2. The Labute approximate surface area is 146 Å². The molecule has 1 aliphatic heterocycles. The molecule has 0 saturated heterocycles. The van der Waals surface area contributed by atoms with Crippen LogP contribution in [-0.4, -0.2) is 22.7 Å². The molecular weight excluding hydrogens is 359 g/mol. The first kappa shape index (κ1) is 17.3. The van der Waals surface area contributed by atoms with E-state index in [9.17, 15) is 23.2 Å². The molecule has 2 N–H and O–H groups in total. The largest absolute Gasteiger partial charge is 0.417 e. The number of rotatable bonds is 1. The Morgan fingerprint density at radius 1 is 1.28 bits per heavy atom. The first-order valence-electron chi connectivity index (χ1n) is 7.39. The van der Waals surface area contributed by atoms with E-state index in [4.69, 9.17) is 11.6 Å². The van der Waals surface area contributed by atoms with Crippen molar-refractivity contribution in [3.63, 3.8) is 0 Å². The zero-order valence-corrected chi connectivity index (χ0v) is 13.6. The molecule has 2 amide bonds. The molecule has 1 aromatic heterocycles. The molecule has 0 atom stereocenters. The summed E-state index contributed by atoms with van der Waals surface area (Å²) in [4.78, 5) is 13.8. The molecule has 0 unspecified atom stereocenters. The van der Waals surface area contributed by atoms with Crippen molar-refractivity contribution < 1.29 is 27.9 Å². The van der Waals surface area contributed by atoms with Crippen LogP contribution in [0.2, 0.25) is 5.02 Å². The average Bonchev–Trinajstić information content (AvgIpc) is 2.52. The third-order valence-electron chi connectivity index (χ3n) is 3.95. The van der Waals surface area contributed by atoms with Gasteiger partial charge in [0, 0.05) is 28.6 Å². The number of nitrogens with one attached hydrogen (secondary N) is 1. The standard InChI is InChI=1S/C16H13ClF3N3O2/c17-14-7-12(1-2-13(14)16(18,19)20)21-15(24)22-5-3-10-4-6-23(25)9-11(10)8-22/h1-2,4,6-7,9H,3,5,8H2,(H-,21,24,25)/p+1. The molecule has 2 heterocycles. The number of aromatic nitrogens is 1. The highest BCUT2D eigenvalue weighted by molar-refractivity contribution is 6.31. The fourth-order valence-electron chi connectivity index (χ4n) is 2.68. The van der Waals surface area contributed by atoms with Crippen LogP contribution in [-0.2, 0) is 19.1 Å². The zero-order chi connectivity index (χ0) is 18.2. The van der Waals surface area contributed by atoms with Crippen LogP contribution in [0.15, 0.2) is 36.7 Å². The minimum absolute atomic E-state index is 0.180. The van der Waals surface area contributed by atoms with Gasteiger partial charge in [-0.05, 0) is 30.2 Å². The van der Waals surface area contributed by atoms with Gasteiger partial charge >= 0.3 is 12.2 Å². The summed E-state index contributed by atoms with van der Waals surface area (Å²) in [6, 6.07) is 4.39. The van der Waals surface area contributed by atoms with Crippen molar-refractivity contribution >= 4 is 23.3 Å². The molecule has 0 radical (unpaired) electrons. The number of carbonyl (C=O) groups is 1. The summed E-state index contributed by atoms with van der Waals surface area (Å²) >= 11 is 5.65. The van der Waals surface area contributed by atoms with Gasteiger partial charge in [0.05, 0.1) is 17.1 Å². The van der Waals surface area contributed by atoms with Gasteiger partial charge in [0.2, 0.25) is 12.4 Å². The monoisotopic (exact) mass is 372 g/mol. The maximum Gasteiger partial charge on any atom is 0.417 e. The van der Waals surface area contributed by atoms with Gasteiger partial charge in [0.1, 0.15) is 0 Å². The van der Waals surface area contributed by atoms with E-state index in [0.717, 1.165) is 34.1 Å². The molecule has 132 valence electrons. The van der Waals surface area contributed by atoms with Gasteiger partial charge in [0.15, 0.2) is 0 Å². The van der Waals surface area contributed by atoms with Gasteiger partial charge < -0.3 is 10.2 Å². The fraction of sp³-hybridized carbons (Fsp3) is 0.250. The quantitative estimate of drug-likeness (QED) is 0.595. The Morgan fingerprint density at radius 3 is 2.72 bits per heavy atom. The summed E-state index contributed by atoms with van der Waals surface area (Å²) in [5.41, 5.74) is 1.06. The lowest BCUT2D eigenvalue weighted by Gasteiger charge is -2.27. The molecule has 0 spiro atoms. The first-order chi connectivity index (χ1) is 11.7. The molecule has 2 aromatic rings. The van der Waals surface area contributed by atoms with Crippen LogP contribution >= 0.6 is 11.6 Å². The molecule has 0 saturated carbocycles. The maximum absolute atomic E-state index is 12.7. The molecule has 5 nitrogen and oxygen atoms in total. The third-order valence-corrected chi connectivity index (χ3v) is 4.27. The van der Waals surface area contributed by atoms with E-state index in [-0.39, 0.29) is 12.2 Å². The number of urea groups is 1. The highest BCUT2D eigenvalue weighted by atomic mass is 35.5. The van der Waals surface area contributed by atoms with E-state index in [1.807, 2.05) is 0 Å². The highest BCUT2D eigenvalue weighted by Gasteiger charge is 2.33. The predicted octanol–water partition coefficient (Wildman–Crippen LogP) is 3.47. The van der Waals surface area contributed by atoms with Crippen molar-refractivity contribution in [3.8, 4) is 0 Å². The van der Waals surface area contributed by atoms with Crippen molar-refractivity contribution in [2.24, 2.45) is 0 Å². The summed E-state index contributed by atoms with van der Waals surface area (Å²) < 4.78 is 39.0. The summed E-state index contributed by atoms with van der Waals surface area (Å²) in [5.74, 6) is 0. The number of pyridine rings is 1. The van der Waals surface area contributed by atoms with E-state index in [0.29, 0.717) is 13.0 Å². The smallest absolute Gasteiger partial charge is 0.320 e. The van der Waals surface area contributed by atoms with E-state index in [1.54, 1.807) is 6.07 Å². The Balaban J connectivity index is 1.72. The molecule has 1 aliphatic rings. The number of amides is 2. The summed E-state index contributed by atoms with van der Waals surface area (Å²) in [5, 5.41) is 11.5. The molecule has 25 heavy (non-hydrogen) atoms. The average molecular weight is 373 g/mol. The number of halogens is 4. The Bertz CT molecular complexity index is 827. The van der Waals surface area contributed by atoms with E-state index >= 15 is 0 Å². The highest BCUT2D eigenvalue weighted by Crippen LogP contribution is 2.35. The Hall–Kier alpha value is -2.48. The number of nitrogens with zero attached hydrogens (tertiary/aromatic N) is 2. The maximum atomic E-state index is 12.7. The molecule has 9 heteroatoms. The number of alkyl halides is 3. The normalized spacial score (nSPS) is 14.2. The summed E-state index contributed by atoms with van der Waals surface area (Å²) in [6.07, 6.45) is -0.893. The number of hydrogen-bond acceptors (Lipinski definition) is 2. The van der Waals surface area contributed by atoms with Crippen LogP contribution in [0.4, 0.5) is 23.7 Å². The SMILES string of the molecule is O=C(Nc1ccc(C(F)(F)F)c(Cl)c1)N1CCc2cc[n+](O)cc2C1. The zero-order valence-electron chi connectivity index (χ0n) is 12.8. The molecule has 1 aromatic carbocycles. The second-order valence-electron chi connectivity index (χ2n) is 5.67. The van der Waals surface area contributed by atoms with Gasteiger partial charge in [0.25, 0.3) is 0 Å². The number of carbonyl (C=O) groups excluding carboxylic acids is 1. The van der Waals surface area contributed by atoms with Gasteiger partial charge in [-0.1, -0.05) is 11.6 Å². The Morgan fingerprint density at radius 2 is 2.04 bits per heavy atom. The molecule has 3 rings (SSSR count). The minimum Gasteiger partial charge on any atom is -0.320 e. The predicted molar refractivity (Wildman–Crippen MR) is 83.4 cm³/mol. The lowest BCUT2D eigenvalue weighted by Crippen LogP contribution is -2.40. The van der Waals surface area contributed by atoms with Crippen molar-refractivity contribution in [2.75, 3.05) is 11.9 Å². The lowest BCUT2D eigenvalue weighted by atomic mass is 10.0.